The molecule has 0 atom stereocenters. The Morgan fingerprint density at radius 2 is 1.60 bits per heavy atom. The van der Waals surface area contributed by atoms with Crippen LogP contribution in [-0.2, 0) is 6.42 Å². The zero-order valence-corrected chi connectivity index (χ0v) is 14.9. The molecular formula is C23H24N2. The molecule has 0 aliphatic rings. The molecule has 126 valence electrons. The maximum absolute atomic E-state index is 3.67. The van der Waals surface area contributed by atoms with Crippen LogP contribution in [0.4, 0.5) is 0 Å². The fourth-order valence-corrected chi connectivity index (χ4v) is 3.62. The molecule has 25 heavy (non-hydrogen) atoms. The molecule has 1 N–H and O–H groups in total. The Morgan fingerprint density at radius 3 is 2.44 bits per heavy atom. The first-order valence-corrected chi connectivity index (χ1v) is 8.96. The minimum absolute atomic E-state index is 1.09. The van der Waals surface area contributed by atoms with Crippen LogP contribution in [0.5, 0.6) is 0 Å². The van der Waals surface area contributed by atoms with Crippen LogP contribution in [0.1, 0.15) is 12.0 Å². The lowest BCUT2D eigenvalue weighted by Crippen LogP contribution is -2.13. The van der Waals surface area contributed by atoms with Crippen LogP contribution < -0.4 is 0 Å². The molecule has 0 fully saturated rings. The Labute approximate surface area is 149 Å². The largest absolute Gasteiger partial charge is 0.354 e. The first-order chi connectivity index (χ1) is 12.2. The van der Waals surface area contributed by atoms with E-state index >= 15 is 0 Å². The number of hydrogen-bond acceptors (Lipinski definition) is 1. The predicted octanol–water partition coefficient (Wildman–Crippen LogP) is 5.48. The Hall–Kier alpha value is -2.58. The van der Waals surface area contributed by atoms with E-state index < -0.39 is 0 Å². The fraction of sp³-hybridized carbons (Fsp3) is 0.217. The summed E-state index contributed by atoms with van der Waals surface area (Å²) in [6.07, 6.45) is 2.25. The molecule has 1 aromatic heterocycles. The number of nitrogens with zero attached hydrogens (tertiary/aromatic N) is 1. The van der Waals surface area contributed by atoms with Crippen LogP contribution in [0.3, 0.4) is 0 Å². The molecule has 0 saturated carbocycles. The minimum Gasteiger partial charge on any atom is -0.354 e. The van der Waals surface area contributed by atoms with Crippen molar-refractivity contribution in [3.05, 3.63) is 72.3 Å². The quantitative estimate of drug-likeness (QED) is 0.514. The van der Waals surface area contributed by atoms with Crippen LogP contribution >= 0.6 is 0 Å². The van der Waals surface area contributed by atoms with Gasteiger partial charge in [-0.2, -0.15) is 0 Å². The van der Waals surface area contributed by atoms with Crippen molar-refractivity contribution < 1.29 is 0 Å². The molecule has 0 radical (unpaired) electrons. The lowest BCUT2D eigenvalue weighted by molar-refractivity contribution is 0.400. The highest BCUT2D eigenvalue weighted by atomic mass is 15.0. The van der Waals surface area contributed by atoms with Crippen molar-refractivity contribution in [2.75, 3.05) is 20.6 Å². The molecule has 0 unspecified atom stereocenters. The van der Waals surface area contributed by atoms with Crippen molar-refractivity contribution in [3.8, 4) is 11.3 Å². The summed E-state index contributed by atoms with van der Waals surface area (Å²) >= 11 is 0. The van der Waals surface area contributed by atoms with Gasteiger partial charge in [0.05, 0.1) is 0 Å². The number of benzene rings is 3. The highest BCUT2D eigenvalue weighted by molar-refractivity contribution is 5.93. The molecule has 0 spiro atoms. The summed E-state index contributed by atoms with van der Waals surface area (Å²) in [4.78, 5) is 5.92. The van der Waals surface area contributed by atoms with E-state index in [9.17, 15) is 0 Å². The first kappa shape index (κ1) is 15.9. The Kier molecular flexibility index (Phi) is 4.29. The maximum atomic E-state index is 3.67. The molecule has 0 aliphatic heterocycles. The zero-order chi connectivity index (χ0) is 17.2. The molecular weight excluding hydrogens is 304 g/mol. The number of para-hydroxylation sites is 1. The van der Waals surface area contributed by atoms with E-state index in [1.54, 1.807) is 0 Å². The van der Waals surface area contributed by atoms with Crippen molar-refractivity contribution in [2.24, 2.45) is 0 Å². The number of aromatic amines is 1. The van der Waals surface area contributed by atoms with Crippen LogP contribution in [-0.4, -0.2) is 30.5 Å². The van der Waals surface area contributed by atoms with Crippen molar-refractivity contribution in [2.45, 2.75) is 12.8 Å². The van der Waals surface area contributed by atoms with Gasteiger partial charge in [0, 0.05) is 16.6 Å². The SMILES string of the molecule is CN(C)CCCc1c(-c2ccc3ccccc3c2)[nH]c2ccccc12. The van der Waals surface area contributed by atoms with E-state index in [2.05, 4.69) is 90.7 Å². The molecule has 1 heterocycles. The summed E-state index contributed by atoms with van der Waals surface area (Å²) in [6, 6.07) is 24.0. The molecule has 0 aliphatic carbocycles. The second kappa shape index (κ2) is 6.73. The topological polar surface area (TPSA) is 19.0 Å². The molecule has 2 nitrogen and oxygen atoms in total. The monoisotopic (exact) mass is 328 g/mol. The standard InChI is InChI=1S/C23H24N2/c1-25(2)15-7-11-21-20-10-5-6-12-22(20)24-23(21)19-14-13-17-8-3-4-9-18(17)16-19/h3-6,8-10,12-14,16,24H,7,11,15H2,1-2H3. The van der Waals surface area contributed by atoms with Crippen LogP contribution in [0.25, 0.3) is 32.9 Å². The maximum Gasteiger partial charge on any atom is 0.0497 e. The molecule has 3 aromatic carbocycles. The first-order valence-electron chi connectivity index (χ1n) is 8.96. The number of aromatic nitrogens is 1. The third kappa shape index (κ3) is 3.18. The zero-order valence-electron chi connectivity index (χ0n) is 14.9. The van der Waals surface area contributed by atoms with E-state index in [-0.39, 0.29) is 0 Å². The van der Waals surface area contributed by atoms with Crippen LogP contribution in [0.2, 0.25) is 0 Å². The number of fused-ring (bicyclic) bond motifs is 2. The smallest absolute Gasteiger partial charge is 0.0497 e. The Morgan fingerprint density at radius 1 is 0.840 bits per heavy atom. The van der Waals surface area contributed by atoms with Crippen LogP contribution in [0, 0.1) is 0 Å². The molecule has 4 rings (SSSR count). The van der Waals surface area contributed by atoms with E-state index in [1.165, 1.54) is 38.5 Å². The molecule has 0 amide bonds. The minimum atomic E-state index is 1.09. The van der Waals surface area contributed by atoms with Gasteiger partial charge in [-0.05, 0) is 67.5 Å². The van der Waals surface area contributed by atoms with E-state index in [0.717, 1.165) is 19.4 Å². The van der Waals surface area contributed by atoms with Gasteiger partial charge in [-0.3, -0.25) is 0 Å². The van der Waals surface area contributed by atoms with Crippen molar-refractivity contribution >= 4 is 21.7 Å². The van der Waals surface area contributed by atoms with Gasteiger partial charge < -0.3 is 9.88 Å². The molecule has 0 saturated heterocycles. The van der Waals surface area contributed by atoms with E-state index in [4.69, 9.17) is 0 Å². The van der Waals surface area contributed by atoms with Gasteiger partial charge in [-0.15, -0.1) is 0 Å². The number of aryl methyl sites for hydroxylation is 1. The van der Waals surface area contributed by atoms with Gasteiger partial charge >= 0.3 is 0 Å². The van der Waals surface area contributed by atoms with Gasteiger partial charge in [0.1, 0.15) is 0 Å². The summed E-state index contributed by atoms with van der Waals surface area (Å²) in [5.41, 5.74) is 5.21. The molecule has 4 aromatic rings. The lowest BCUT2D eigenvalue weighted by Gasteiger charge is -2.10. The highest BCUT2D eigenvalue weighted by Crippen LogP contribution is 2.32. The van der Waals surface area contributed by atoms with E-state index in [0.29, 0.717) is 0 Å². The third-order valence-corrected chi connectivity index (χ3v) is 4.88. The lowest BCUT2D eigenvalue weighted by atomic mass is 9.99. The number of H-pyrrole nitrogens is 1. The average Bonchev–Trinajstić information content (AvgIpc) is 3.00. The van der Waals surface area contributed by atoms with Gasteiger partial charge in [0.15, 0.2) is 0 Å². The van der Waals surface area contributed by atoms with E-state index in [1.807, 2.05) is 0 Å². The normalized spacial score (nSPS) is 11.6. The Balaban J connectivity index is 1.81. The second-order valence-electron chi connectivity index (χ2n) is 6.99. The van der Waals surface area contributed by atoms with Gasteiger partial charge in [0.2, 0.25) is 0 Å². The van der Waals surface area contributed by atoms with Gasteiger partial charge in [-0.1, -0.05) is 54.6 Å². The summed E-state index contributed by atoms with van der Waals surface area (Å²) in [5.74, 6) is 0. The third-order valence-electron chi connectivity index (χ3n) is 4.88. The Bertz CT molecular complexity index is 1010. The molecule has 2 heteroatoms. The highest BCUT2D eigenvalue weighted by Gasteiger charge is 2.13. The predicted molar refractivity (Wildman–Crippen MR) is 108 cm³/mol. The van der Waals surface area contributed by atoms with Gasteiger partial charge in [0.25, 0.3) is 0 Å². The van der Waals surface area contributed by atoms with Crippen molar-refractivity contribution in [1.29, 1.82) is 0 Å². The van der Waals surface area contributed by atoms with Crippen molar-refractivity contribution in [1.82, 2.24) is 9.88 Å². The number of hydrogen-bond donors (Lipinski definition) is 1. The summed E-state index contributed by atoms with van der Waals surface area (Å²) in [5, 5.41) is 3.93. The number of nitrogens with one attached hydrogen (secondary N) is 1. The van der Waals surface area contributed by atoms with Crippen LogP contribution in [0.15, 0.2) is 66.7 Å². The van der Waals surface area contributed by atoms with Crippen molar-refractivity contribution in [3.63, 3.8) is 0 Å². The average molecular weight is 328 g/mol. The summed E-state index contributed by atoms with van der Waals surface area (Å²) in [6.45, 7) is 1.11. The summed E-state index contributed by atoms with van der Waals surface area (Å²) in [7, 11) is 4.28. The second-order valence-corrected chi connectivity index (χ2v) is 6.99. The summed E-state index contributed by atoms with van der Waals surface area (Å²) < 4.78 is 0. The molecule has 0 bridgehead atoms. The fourth-order valence-electron chi connectivity index (χ4n) is 3.62. The number of rotatable bonds is 5. The van der Waals surface area contributed by atoms with Gasteiger partial charge in [-0.25, -0.2) is 0 Å².